The molecule has 1 rings (SSSR count). The Morgan fingerprint density at radius 1 is 1.21 bits per heavy atom. The normalized spacial score (nSPS) is 19.8. The molecule has 0 heterocycles. The first-order valence-electron chi connectivity index (χ1n) is 5.30. The van der Waals surface area contributed by atoms with Crippen LogP contribution in [0.25, 0.3) is 0 Å². The number of carboxylic acid groups (broad SMARTS) is 1. The molecule has 1 aliphatic carbocycles. The predicted octanol–water partition coefficient (Wildman–Crippen LogP) is 3.28. The van der Waals surface area contributed by atoms with Crippen LogP contribution in [0, 0.1) is 0 Å². The van der Waals surface area contributed by atoms with E-state index in [-0.39, 0.29) is 0 Å². The van der Waals surface area contributed by atoms with Gasteiger partial charge in [0, 0.05) is 0 Å². The second-order valence-corrected chi connectivity index (χ2v) is 10.2. The molecule has 0 saturated carbocycles. The third-order valence-corrected chi connectivity index (χ3v) is 6.43. The Morgan fingerprint density at radius 2 is 1.57 bits per heavy atom. The fraction of sp³-hybridized carbons (Fsp3) is 0.727. The highest BCUT2D eigenvalue weighted by molar-refractivity contribution is 6.85. The molecule has 2 nitrogen and oxygen atoms in total. The van der Waals surface area contributed by atoms with Gasteiger partial charge in [0.2, 0.25) is 0 Å². The fourth-order valence-electron chi connectivity index (χ4n) is 2.83. The van der Waals surface area contributed by atoms with Gasteiger partial charge in [0.1, 0.15) is 5.04 Å². The van der Waals surface area contributed by atoms with Gasteiger partial charge in [-0.3, -0.25) is 4.79 Å². The molecule has 0 unspecified atom stereocenters. The van der Waals surface area contributed by atoms with Crippen LogP contribution in [0.2, 0.25) is 24.7 Å². The SMILES string of the molecule is CCC1=C(CC)C1(C(=O)O)[Si](C)(C)C. The van der Waals surface area contributed by atoms with Crippen molar-refractivity contribution in [2.24, 2.45) is 0 Å². The van der Waals surface area contributed by atoms with Gasteiger partial charge >= 0.3 is 5.97 Å². The molecule has 3 heteroatoms. The minimum absolute atomic E-state index is 0.490. The summed E-state index contributed by atoms with van der Waals surface area (Å²) in [4.78, 5) is 11.5. The van der Waals surface area contributed by atoms with E-state index in [0.717, 1.165) is 12.8 Å². The summed E-state index contributed by atoms with van der Waals surface area (Å²) in [5.74, 6) is -0.606. The van der Waals surface area contributed by atoms with Gasteiger partial charge in [-0.15, -0.1) is 0 Å². The third-order valence-electron chi connectivity index (χ3n) is 3.36. The molecule has 0 bridgehead atoms. The highest BCUT2D eigenvalue weighted by atomic mass is 28.3. The minimum Gasteiger partial charge on any atom is -0.481 e. The molecule has 0 saturated heterocycles. The van der Waals surface area contributed by atoms with Crippen molar-refractivity contribution in [1.29, 1.82) is 0 Å². The molecule has 0 aromatic heterocycles. The van der Waals surface area contributed by atoms with Crippen LogP contribution in [0.4, 0.5) is 0 Å². The topological polar surface area (TPSA) is 37.3 Å². The second kappa shape index (κ2) is 3.23. The maximum Gasteiger partial charge on any atom is 0.314 e. The van der Waals surface area contributed by atoms with E-state index in [4.69, 9.17) is 0 Å². The first-order chi connectivity index (χ1) is 6.33. The van der Waals surface area contributed by atoms with Gasteiger partial charge in [-0.1, -0.05) is 44.6 Å². The summed E-state index contributed by atoms with van der Waals surface area (Å²) in [6, 6.07) is 0. The molecule has 80 valence electrons. The van der Waals surface area contributed by atoms with Gasteiger partial charge in [0.15, 0.2) is 0 Å². The Bertz CT molecular complexity index is 283. The number of carboxylic acids is 1. The van der Waals surface area contributed by atoms with Crippen LogP contribution in [0.1, 0.15) is 26.7 Å². The molecule has 0 atom stereocenters. The quantitative estimate of drug-likeness (QED) is 0.573. The summed E-state index contributed by atoms with van der Waals surface area (Å²) in [5, 5.41) is 8.95. The van der Waals surface area contributed by atoms with Gasteiger partial charge in [0.05, 0.1) is 8.07 Å². The van der Waals surface area contributed by atoms with Crippen LogP contribution in [-0.4, -0.2) is 19.1 Å². The molecule has 0 fully saturated rings. The Morgan fingerprint density at radius 3 is 1.64 bits per heavy atom. The Labute approximate surface area is 87.0 Å². The first-order valence-corrected chi connectivity index (χ1v) is 8.80. The molecular weight excluding hydrogens is 192 g/mol. The summed E-state index contributed by atoms with van der Waals surface area (Å²) in [7, 11) is -1.68. The number of rotatable bonds is 4. The summed E-state index contributed by atoms with van der Waals surface area (Å²) in [6.07, 6.45) is 1.81. The first kappa shape index (κ1) is 11.5. The molecule has 1 N–H and O–H groups in total. The zero-order valence-corrected chi connectivity index (χ0v) is 10.8. The average molecular weight is 212 g/mol. The zero-order valence-electron chi connectivity index (χ0n) is 9.77. The smallest absolute Gasteiger partial charge is 0.314 e. The number of carbonyl (C=O) groups is 1. The van der Waals surface area contributed by atoms with Crippen molar-refractivity contribution < 1.29 is 9.90 Å². The number of hydrogen-bond acceptors (Lipinski definition) is 1. The molecule has 0 aromatic carbocycles. The highest BCUT2D eigenvalue weighted by Crippen LogP contribution is 2.67. The van der Waals surface area contributed by atoms with Crippen LogP contribution >= 0.6 is 0 Å². The maximum absolute atomic E-state index is 11.5. The van der Waals surface area contributed by atoms with Crippen molar-refractivity contribution in [3.63, 3.8) is 0 Å². The maximum atomic E-state index is 11.5. The lowest BCUT2D eigenvalue weighted by Crippen LogP contribution is -2.39. The van der Waals surface area contributed by atoms with Crippen LogP contribution in [0.3, 0.4) is 0 Å². The van der Waals surface area contributed by atoms with Crippen LogP contribution in [0.5, 0.6) is 0 Å². The van der Waals surface area contributed by atoms with E-state index >= 15 is 0 Å². The lowest BCUT2D eigenvalue weighted by molar-refractivity contribution is -0.137. The molecular formula is C11H20O2Si. The van der Waals surface area contributed by atoms with E-state index < -0.39 is 19.1 Å². The Kier molecular flexibility index (Phi) is 2.65. The Balaban J connectivity index is 3.10. The molecule has 0 radical (unpaired) electrons. The van der Waals surface area contributed by atoms with E-state index in [0.29, 0.717) is 0 Å². The summed E-state index contributed by atoms with van der Waals surface area (Å²) >= 11 is 0. The van der Waals surface area contributed by atoms with Crippen molar-refractivity contribution in [2.75, 3.05) is 0 Å². The monoisotopic (exact) mass is 212 g/mol. The molecule has 0 spiro atoms. The van der Waals surface area contributed by atoms with Crippen LogP contribution < -0.4 is 0 Å². The predicted molar refractivity (Wildman–Crippen MR) is 61.3 cm³/mol. The van der Waals surface area contributed by atoms with Gasteiger partial charge in [-0.25, -0.2) is 0 Å². The van der Waals surface area contributed by atoms with Crippen molar-refractivity contribution in [3.8, 4) is 0 Å². The Hall–Kier alpha value is -0.573. The van der Waals surface area contributed by atoms with Gasteiger partial charge < -0.3 is 5.11 Å². The molecule has 1 aliphatic rings. The average Bonchev–Trinajstić information content (AvgIpc) is 2.71. The number of aliphatic carboxylic acids is 1. The summed E-state index contributed by atoms with van der Waals surface area (Å²) in [6.45, 7) is 10.6. The lowest BCUT2D eigenvalue weighted by atomic mass is 10.2. The molecule has 0 aromatic rings. The van der Waals surface area contributed by atoms with Crippen molar-refractivity contribution in [3.05, 3.63) is 11.1 Å². The fourth-order valence-corrected chi connectivity index (χ4v) is 5.88. The molecule has 14 heavy (non-hydrogen) atoms. The van der Waals surface area contributed by atoms with Crippen molar-refractivity contribution >= 4 is 14.0 Å². The summed E-state index contributed by atoms with van der Waals surface area (Å²) in [5.41, 5.74) is 2.43. The summed E-state index contributed by atoms with van der Waals surface area (Å²) < 4.78 is 0. The highest BCUT2D eigenvalue weighted by Gasteiger charge is 2.64. The number of hydrogen-bond donors (Lipinski definition) is 1. The molecule has 0 amide bonds. The van der Waals surface area contributed by atoms with Gasteiger partial charge in [-0.2, -0.15) is 0 Å². The van der Waals surface area contributed by atoms with Gasteiger partial charge in [0.25, 0.3) is 0 Å². The second-order valence-electron chi connectivity index (χ2n) is 4.97. The standard InChI is InChI=1S/C11H20O2Si/c1-6-8-9(7-2)11(8,10(12)13)14(3,4)5/h6-7H2,1-5H3,(H,12,13). The van der Waals surface area contributed by atoms with E-state index in [1.807, 2.05) is 0 Å². The van der Waals surface area contributed by atoms with E-state index in [1.54, 1.807) is 0 Å². The van der Waals surface area contributed by atoms with Crippen molar-refractivity contribution in [2.45, 2.75) is 51.4 Å². The largest absolute Gasteiger partial charge is 0.481 e. The van der Waals surface area contributed by atoms with Crippen LogP contribution in [-0.2, 0) is 4.79 Å². The van der Waals surface area contributed by atoms with E-state index in [9.17, 15) is 9.90 Å². The van der Waals surface area contributed by atoms with Gasteiger partial charge in [-0.05, 0) is 12.8 Å². The minimum atomic E-state index is -1.68. The van der Waals surface area contributed by atoms with E-state index in [2.05, 4.69) is 33.5 Å². The van der Waals surface area contributed by atoms with Crippen molar-refractivity contribution in [1.82, 2.24) is 0 Å². The van der Waals surface area contributed by atoms with Crippen LogP contribution in [0.15, 0.2) is 11.1 Å². The molecule has 0 aliphatic heterocycles. The third kappa shape index (κ3) is 1.18. The lowest BCUT2D eigenvalue weighted by Gasteiger charge is -2.28. The van der Waals surface area contributed by atoms with E-state index in [1.165, 1.54) is 11.1 Å². The zero-order chi connectivity index (χ0) is 11.1.